The average molecular weight is 308 g/mol. The Morgan fingerprint density at radius 1 is 1.24 bits per heavy atom. The highest BCUT2D eigenvalue weighted by atomic mass is 35.5. The third-order valence-electron chi connectivity index (χ3n) is 3.40. The zero-order valence-electron chi connectivity index (χ0n) is 12.2. The van der Waals surface area contributed by atoms with E-state index in [9.17, 15) is 4.39 Å². The second-order valence-corrected chi connectivity index (χ2v) is 5.23. The van der Waals surface area contributed by atoms with Crippen LogP contribution < -0.4 is 10.1 Å². The molecule has 2 nitrogen and oxygen atoms in total. The lowest BCUT2D eigenvalue weighted by Crippen LogP contribution is -2.24. The molecule has 0 spiro atoms. The number of likely N-dealkylation sites (N-methyl/N-ethyl adjacent to an activating group) is 1. The van der Waals surface area contributed by atoms with E-state index in [1.54, 1.807) is 25.3 Å². The molecular weight excluding hydrogens is 289 g/mol. The van der Waals surface area contributed by atoms with Crippen molar-refractivity contribution in [2.75, 3.05) is 13.7 Å². The van der Waals surface area contributed by atoms with Crippen LogP contribution in [-0.2, 0) is 6.42 Å². The minimum atomic E-state index is -0.204. The number of ether oxygens (including phenoxy) is 1. The van der Waals surface area contributed by atoms with Crippen LogP contribution >= 0.6 is 11.6 Å². The Kier molecular flexibility index (Phi) is 5.59. The molecule has 4 heteroatoms. The summed E-state index contributed by atoms with van der Waals surface area (Å²) in [5, 5.41) is 3.97. The Morgan fingerprint density at radius 3 is 2.67 bits per heavy atom. The van der Waals surface area contributed by atoms with Gasteiger partial charge in [-0.15, -0.1) is 0 Å². The Hall–Kier alpha value is -1.58. The number of nitrogens with one attached hydrogen (secondary N) is 1. The predicted molar refractivity (Wildman–Crippen MR) is 84.5 cm³/mol. The molecule has 0 saturated heterocycles. The first kappa shape index (κ1) is 15.8. The molecule has 2 rings (SSSR count). The van der Waals surface area contributed by atoms with E-state index in [1.807, 2.05) is 25.1 Å². The van der Waals surface area contributed by atoms with Gasteiger partial charge in [0.2, 0.25) is 0 Å². The first-order valence-corrected chi connectivity index (χ1v) is 7.33. The molecule has 0 aliphatic rings. The Labute approximate surface area is 129 Å². The van der Waals surface area contributed by atoms with E-state index in [-0.39, 0.29) is 11.9 Å². The second-order valence-electron chi connectivity index (χ2n) is 4.79. The summed E-state index contributed by atoms with van der Waals surface area (Å²) in [6, 6.07) is 12.2. The highest BCUT2D eigenvalue weighted by Gasteiger charge is 2.17. The summed E-state index contributed by atoms with van der Waals surface area (Å²) in [6.45, 7) is 2.75. The molecule has 2 aromatic rings. The summed E-state index contributed by atoms with van der Waals surface area (Å²) in [7, 11) is 1.62. The minimum absolute atomic E-state index is 0.122. The maximum absolute atomic E-state index is 14.0. The van der Waals surface area contributed by atoms with Gasteiger partial charge < -0.3 is 10.1 Å². The van der Waals surface area contributed by atoms with Crippen LogP contribution in [0.3, 0.4) is 0 Å². The van der Waals surface area contributed by atoms with Gasteiger partial charge in [-0.2, -0.15) is 0 Å². The molecule has 21 heavy (non-hydrogen) atoms. The van der Waals surface area contributed by atoms with E-state index in [0.29, 0.717) is 17.0 Å². The normalized spacial score (nSPS) is 12.2. The largest absolute Gasteiger partial charge is 0.496 e. The topological polar surface area (TPSA) is 21.3 Å². The van der Waals surface area contributed by atoms with Gasteiger partial charge in [0.1, 0.15) is 11.6 Å². The summed E-state index contributed by atoms with van der Waals surface area (Å²) >= 11 is 6.06. The van der Waals surface area contributed by atoms with Crippen LogP contribution in [0.4, 0.5) is 4.39 Å². The van der Waals surface area contributed by atoms with E-state index in [2.05, 4.69) is 5.32 Å². The number of rotatable bonds is 6. The molecule has 0 aliphatic heterocycles. The summed E-state index contributed by atoms with van der Waals surface area (Å²) in [5.74, 6) is 0.558. The third kappa shape index (κ3) is 3.96. The number of methoxy groups -OCH3 is 1. The fourth-order valence-electron chi connectivity index (χ4n) is 2.42. The Balaban J connectivity index is 2.33. The maximum atomic E-state index is 14.0. The van der Waals surface area contributed by atoms with Gasteiger partial charge in [0.25, 0.3) is 0 Å². The van der Waals surface area contributed by atoms with Crippen molar-refractivity contribution in [3.05, 3.63) is 64.4 Å². The van der Waals surface area contributed by atoms with Crippen LogP contribution in [0.25, 0.3) is 0 Å². The van der Waals surface area contributed by atoms with Gasteiger partial charge in [-0.1, -0.05) is 36.7 Å². The van der Waals surface area contributed by atoms with Crippen molar-refractivity contribution in [3.63, 3.8) is 0 Å². The fourth-order valence-corrected chi connectivity index (χ4v) is 2.62. The van der Waals surface area contributed by atoms with Crippen LogP contribution in [0.1, 0.15) is 24.1 Å². The number of hydrogen-bond acceptors (Lipinski definition) is 2. The van der Waals surface area contributed by atoms with Gasteiger partial charge in [-0.3, -0.25) is 0 Å². The van der Waals surface area contributed by atoms with E-state index in [4.69, 9.17) is 16.3 Å². The third-order valence-corrected chi connectivity index (χ3v) is 3.63. The van der Waals surface area contributed by atoms with Gasteiger partial charge in [0.15, 0.2) is 0 Å². The molecule has 0 amide bonds. The molecule has 0 aromatic heterocycles. The molecule has 2 aromatic carbocycles. The van der Waals surface area contributed by atoms with Gasteiger partial charge in [0, 0.05) is 16.6 Å². The first-order valence-electron chi connectivity index (χ1n) is 6.96. The molecule has 112 valence electrons. The van der Waals surface area contributed by atoms with Crippen molar-refractivity contribution in [3.8, 4) is 5.75 Å². The molecule has 1 N–H and O–H groups in total. The standard InChI is InChI=1S/C17H19ClFNO/c1-3-20-16(14-6-4-5-7-15(14)19)11-12-10-13(18)8-9-17(12)21-2/h4-10,16,20H,3,11H2,1-2H3. The lowest BCUT2D eigenvalue weighted by atomic mass is 9.97. The van der Waals surface area contributed by atoms with E-state index < -0.39 is 0 Å². The Bertz CT molecular complexity index is 603. The van der Waals surface area contributed by atoms with E-state index in [0.717, 1.165) is 17.9 Å². The van der Waals surface area contributed by atoms with Crippen LogP contribution in [0.2, 0.25) is 5.02 Å². The van der Waals surface area contributed by atoms with Gasteiger partial charge in [0.05, 0.1) is 7.11 Å². The monoisotopic (exact) mass is 307 g/mol. The van der Waals surface area contributed by atoms with Gasteiger partial charge in [-0.05, 0) is 42.8 Å². The van der Waals surface area contributed by atoms with Gasteiger partial charge in [-0.25, -0.2) is 4.39 Å². The zero-order valence-corrected chi connectivity index (χ0v) is 13.0. The molecule has 1 unspecified atom stereocenters. The van der Waals surface area contributed by atoms with Crippen LogP contribution in [-0.4, -0.2) is 13.7 Å². The predicted octanol–water partition coefficient (Wildman–Crippen LogP) is 4.38. The first-order chi connectivity index (χ1) is 10.2. The van der Waals surface area contributed by atoms with Crippen molar-refractivity contribution >= 4 is 11.6 Å². The molecule has 0 saturated carbocycles. The van der Waals surface area contributed by atoms with E-state index >= 15 is 0 Å². The van der Waals surface area contributed by atoms with Crippen molar-refractivity contribution < 1.29 is 9.13 Å². The smallest absolute Gasteiger partial charge is 0.127 e. The van der Waals surface area contributed by atoms with Crippen molar-refractivity contribution in [1.29, 1.82) is 0 Å². The summed E-state index contributed by atoms with van der Waals surface area (Å²) in [6.07, 6.45) is 0.610. The second kappa shape index (κ2) is 7.43. The van der Waals surface area contributed by atoms with Crippen LogP contribution in [0, 0.1) is 5.82 Å². The molecule has 0 bridgehead atoms. The highest BCUT2D eigenvalue weighted by molar-refractivity contribution is 6.30. The van der Waals surface area contributed by atoms with Crippen molar-refractivity contribution in [1.82, 2.24) is 5.32 Å². The minimum Gasteiger partial charge on any atom is -0.496 e. The number of hydrogen-bond donors (Lipinski definition) is 1. The molecule has 0 fully saturated rings. The molecular formula is C17H19ClFNO. The molecule has 0 radical (unpaired) electrons. The van der Waals surface area contributed by atoms with E-state index in [1.165, 1.54) is 6.07 Å². The molecule has 1 atom stereocenters. The SMILES string of the molecule is CCNC(Cc1cc(Cl)ccc1OC)c1ccccc1F. The van der Waals surface area contributed by atoms with Crippen LogP contribution in [0.5, 0.6) is 5.75 Å². The summed E-state index contributed by atoms with van der Waals surface area (Å²) in [4.78, 5) is 0. The molecule has 0 heterocycles. The summed E-state index contributed by atoms with van der Waals surface area (Å²) < 4.78 is 19.4. The fraction of sp³-hybridized carbons (Fsp3) is 0.294. The lowest BCUT2D eigenvalue weighted by molar-refractivity contribution is 0.405. The van der Waals surface area contributed by atoms with Crippen molar-refractivity contribution in [2.45, 2.75) is 19.4 Å². The quantitative estimate of drug-likeness (QED) is 0.855. The van der Waals surface area contributed by atoms with Gasteiger partial charge >= 0.3 is 0 Å². The number of benzene rings is 2. The maximum Gasteiger partial charge on any atom is 0.127 e. The van der Waals surface area contributed by atoms with Crippen LogP contribution in [0.15, 0.2) is 42.5 Å². The lowest BCUT2D eigenvalue weighted by Gasteiger charge is -2.20. The summed E-state index contributed by atoms with van der Waals surface area (Å²) in [5.41, 5.74) is 1.61. The highest BCUT2D eigenvalue weighted by Crippen LogP contribution is 2.28. The average Bonchev–Trinajstić information content (AvgIpc) is 2.48. The zero-order chi connectivity index (χ0) is 15.2. The number of halogens is 2. The molecule has 0 aliphatic carbocycles. The van der Waals surface area contributed by atoms with Crippen molar-refractivity contribution in [2.24, 2.45) is 0 Å². The Morgan fingerprint density at radius 2 is 2.00 bits per heavy atom.